The van der Waals surface area contributed by atoms with Crippen LogP contribution in [0.5, 0.6) is 11.5 Å². The number of thioether (sulfide) groups is 1. The van der Waals surface area contributed by atoms with Gasteiger partial charge in [0, 0.05) is 10.2 Å². The molecule has 3 amide bonds. The van der Waals surface area contributed by atoms with Gasteiger partial charge in [-0.25, -0.2) is 4.39 Å². The summed E-state index contributed by atoms with van der Waals surface area (Å²) < 4.78 is 26.7. The van der Waals surface area contributed by atoms with Crippen LogP contribution in [0.2, 0.25) is 0 Å². The smallest absolute Gasteiger partial charge is 0.294 e. The molecule has 3 aromatic rings. The van der Waals surface area contributed by atoms with Gasteiger partial charge in [0.25, 0.3) is 11.1 Å². The van der Waals surface area contributed by atoms with Crippen LogP contribution in [0, 0.1) is 5.82 Å². The first-order valence-corrected chi connectivity index (χ1v) is 13.8. The van der Waals surface area contributed by atoms with Gasteiger partial charge in [-0.15, -0.1) is 0 Å². The summed E-state index contributed by atoms with van der Waals surface area (Å²) in [6.07, 6.45) is 1.56. The third-order valence-corrected chi connectivity index (χ3v) is 7.23. The summed E-state index contributed by atoms with van der Waals surface area (Å²) in [7, 11) is 0. The van der Waals surface area contributed by atoms with E-state index in [9.17, 15) is 18.8 Å². The van der Waals surface area contributed by atoms with E-state index >= 15 is 0 Å². The lowest BCUT2D eigenvalue weighted by Gasteiger charge is -2.15. The maximum absolute atomic E-state index is 13.4. The Hall–Kier alpha value is -3.15. The average molecular weight is 664 g/mol. The Balaban J connectivity index is 1.48. The standard InChI is InChI=1S/C27H21Br2FN2O5S/c1-2-36-22-11-17(10-21(29)25(22)37-15-16-6-8-18(28)9-7-16)12-23-26(34)32(27(35)38-23)14-24(33)31-20-5-3-4-19(30)13-20/h3-13H,2,14-15H2,1H3,(H,31,33)/b23-12+. The van der Waals surface area contributed by atoms with Crippen LogP contribution < -0.4 is 14.8 Å². The molecule has 0 spiro atoms. The number of halogens is 3. The average Bonchev–Trinajstić information content (AvgIpc) is 3.12. The molecule has 1 N–H and O–H groups in total. The fraction of sp³-hybridized carbons (Fsp3) is 0.148. The van der Waals surface area contributed by atoms with E-state index in [4.69, 9.17) is 9.47 Å². The minimum atomic E-state index is -0.618. The van der Waals surface area contributed by atoms with Crippen molar-refractivity contribution in [1.29, 1.82) is 0 Å². The molecule has 196 valence electrons. The zero-order chi connectivity index (χ0) is 27.2. The highest BCUT2D eigenvalue weighted by atomic mass is 79.9. The van der Waals surface area contributed by atoms with Crippen LogP contribution in [0.15, 0.2) is 74.5 Å². The van der Waals surface area contributed by atoms with Crippen molar-refractivity contribution in [2.75, 3.05) is 18.5 Å². The Morgan fingerprint density at radius 1 is 1.08 bits per heavy atom. The van der Waals surface area contributed by atoms with E-state index in [1.165, 1.54) is 18.2 Å². The van der Waals surface area contributed by atoms with Gasteiger partial charge in [-0.1, -0.05) is 34.1 Å². The summed E-state index contributed by atoms with van der Waals surface area (Å²) in [6, 6.07) is 16.6. The SMILES string of the molecule is CCOc1cc(/C=C2/SC(=O)N(CC(=O)Nc3cccc(F)c3)C2=O)cc(Br)c1OCc1ccc(Br)cc1. The van der Waals surface area contributed by atoms with Gasteiger partial charge >= 0.3 is 0 Å². The first kappa shape index (κ1) is 27.9. The molecule has 0 unspecified atom stereocenters. The number of anilines is 1. The van der Waals surface area contributed by atoms with Crippen molar-refractivity contribution in [2.24, 2.45) is 0 Å². The van der Waals surface area contributed by atoms with E-state index in [2.05, 4.69) is 37.2 Å². The van der Waals surface area contributed by atoms with Gasteiger partial charge in [-0.3, -0.25) is 19.3 Å². The lowest BCUT2D eigenvalue weighted by Crippen LogP contribution is -2.36. The lowest BCUT2D eigenvalue weighted by molar-refractivity contribution is -0.127. The minimum Gasteiger partial charge on any atom is -0.490 e. The van der Waals surface area contributed by atoms with Crippen LogP contribution in [-0.2, 0) is 16.2 Å². The van der Waals surface area contributed by atoms with Crippen molar-refractivity contribution in [3.8, 4) is 11.5 Å². The zero-order valence-electron chi connectivity index (χ0n) is 20.0. The summed E-state index contributed by atoms with van der Waals surface area (Å²) in [6.45, 7) is 2.07. The van der Waals surface area contributed by atoms with Crippen LogP contribution >= 0.6 is 43.6 Å². The van der Waals surface area contributed by atoms with Crippen molar-refractivity contribution in [3.05, 3.63) is 91.5 Å². The number of carbonyl (C=O) groups excluding carboxylic acids is 3. The number of carbonyl (C=O) groups is 3. The maximum atomic E-state index is 13.4. The van der Waals surface area contributed by atoms with E-state index in [1.54, 1.807) is 18.2 Å². The summed E-state index contributed by atoms with van der Waals surface area (Å²) >= 11 is 7.66. The first-order valence-electron chi connectivity index (χ1n) is 11.4. The molecular formula is C27H21Br2FN2O5S. The maximum Gasteiger partial charge on any atom is 0.294 e. The molecule has 1 fully saturated rings. The van der Waals surface area contributed by atoms with Gasteiger partial charge in [0.05, 0.1) is 16.0 Å². The van der Waals surface area contributed by atoms with E-state index in [1.807, 2.05) is 31.2 Å². The third-order valence-electron chi connectivity index (χ3n) is 5.21. The molecule has 1 saturated heterocycles. The monoisotopic (exact) mass is 662 g/mol. The lowest BCUT2D eigenvalue weighted by atomic mass is 10.1. The molecule has 0 atom stereocenters. The van der Waals surface area contributed by atoms with Gasteiger partial charge in [0.2, 0.25) is 5.91 Å². The minimum absolute atomic E-state index is 0.159. The number of hydrogen-bond donors (Lipinski definition) is 1. The predicted octanol–water partition coefficient (Wildman–Crippen LogP) is 7.00. The summed E-state index contributed by atoms with van der Waals surface area (Å²) in [5.74, 6) is -0.751. The molecule has 38 heavy (non-hydrogen) atoms. The van der Waals surface area contributed by atoms with E-state index in [0.29, 0.717) is 34.7 Å². The zero-order valence-corrected chi connectivity index (χ0v) is 24.0. The van der Waals surface area contributed by atoms with Crippen LogP contribution in [0.4, 0.5) is 14.9 Å². The van der Waals surface area contributed by atoms with E-state index in [-0.39, 0.29) is 10.6 Å². The number of benzene rings is 3. The van der Waals surface area contributed by atoms with Crippen molar-refractivity contribution in [2.45, 2.75) is 13.5 Å². The molecule has 1 aliphatic rings. The van der Waals surface area contributed by atoms with Gasteiger partial charge in [0.15, 0.2) is 11.5 Å². The number of amides is 3. The Bertz CT molecular complexity index is 1420. The largest absolute Gasteiger partial charge is 0.490 e. The van der Waals surface area contributed by atoms with E-state index in [0.717, 1.165) is 32.8 Å². The molecule has 0 bridgehead atoms. The molecule has 0 radical (unpaired) electrons. The van der Waals surface area contributed by atoms with Crippen molar-refractivity contribution < 1.29 is 28.2 Å². The van der Waals surface area contributed by atoms with Crippen LogP contribution in [0.1, 0.15) is 18.1 Å². The summed E-state index contributed by atoms with van der Waals surface area (Å²) in [5, 5.41) is 1.91. The fourth-order valence-corrected chi connectivity index (χ4v) is 5.19. The van der Waals surface area contributed by atoms with Crippen molar-refractivity contribution in [3.63, 3.8) is 0 Å². The van der Waals surface area contributed by atoms with Gasteiger partial charge in [0.1, 0.15) is 19.0 Å². The summed E-state index contributed by atoms with van der Waals surface area (Å²) in [5.41, 5.74) is 1.81. The Kier molecular flexibility index (Phi) is 9.24. The molecule has 11 heteroatoms. The molecule has 0 aromatic heterocycles. The van der Waals surface area contributed by atoms with E-state index < -0.39 is 29.4 Å². The Morgan fingerprint density at radius 3 is 2.55 bits per heavy atom. The Labute approximate surface area is 239 Å². The number of imide groups is 1. The predicted molar refractivity (Wildman–Crippen MR) is 151 cm³/mol. The highest BCUT2D eigenvalue weighted by Crippen LogP contribution is 2.39. The first-order chi connectivity index (χ1) is 18.2. The number of rotatable bonds is 9. The Morgan fingerprint density at radius 2 is 1.84 bits per heavy atom. The third kappa shape index (κ3) is 7.03. The number of ether oxygens (including phenoxy) is 2. The number of nitrogens with one attached hydrogen (secondary N) is 1. The van der Waals surface area contributed by atoms with Gasteiger partial charge in [-0.2, -0.15) is 0 Å². The fourth-order valence-electron chi connectivity index (χ4n) is 3.51. The quantitative estimate of drug-likeness (QED) is 0.248. The van der Waals surface area contributed by atoms with Crippen molar-refractivity contribution >= 4 is 72.4 Å². The summed E-state index contributed by atoms with van der Waals surface area (Å²) in [4.78, 5) is 38.8. The van der Waals surface area contributed by atoms with Crippen molar-refractivity contribution in [1.82, 2.24) is 4.90 Å². The number of nitrogens with zero attached hydrogens (tertiary/aromatic N) is 1. The molecule has 3 aromatic carbocycles. The highest BCUT2D eigenvalue weighted by molar-refractivity contribution is 9.10. The van der Waals surface area contributed by atoms with Crippen LogP contribution in [0.3, 0.4) is 0 Å². The molecule has 4 rings (SSSR count). The molecule has 0 aliphatic carbocycles. The second kappa shape index (κ2) is 12.6. The molecular weight excluding hydrogens is 643 g/mol. The normalized spacial score (nSPS) is 14.2. The molecule has 0 saturated carbocycles. The molecule has 1 heterocycles. The molecule has 1 aliphatic heterocycles. The molecule has 7 nitrogen and oxygen atoms in total. The second-order valence-electron chi connectivity index (χ2n) is 8.00. The van der Waals surface area contributed by atoms with Gasteiger partial charge in [-0.05, 0) is 94.3 Å². The second-order valence-corrected chi connectivity index (χ2v) is 10.8. The topological polar surface area (TPSA) is 84.9 Å². The van der Waals surface area contributed by atoms with Crippen LogP contribution in [-0.4, -0.2) is 35.1 Å². The highest BCUT2D eigenvalue weighted by Gasteiger charge is 2.36. The van der Waals surface area contributed by atoms with Crippen LogP contribution in [0.25, 0.3) is 6.08 Å². The van der Waals surface area contributed by atoms with Gasteiger partial charge < -0.3 is 14.8 Å². The number of hydrogen-bond acceptors (Lipinski definition) is 6.